The molecule has 0 unspecified atom stereocenters. The minimum absolute atomic E-state index is 0.0805. The summed E-state index contributed by atoms with van der Waals surface area (Å²) in [6, 6.07) is 24.0. The third-order valence-electron chi connectivity index (χ3n) is 6.32. The molecule has 2 atom stereocenters. The van der Waals surface area contributed by atoms with E-state index in [1.165, 1.54) is 5.56 Å². The van der Waals surface area contributed by atoms with Crippen LogP contribution in [-0.2, 0) is 0 Å². The standard InChI is InChI=1S/C27H25ClN4OS/c1-17-16-23(18(2)31(17)20-9-7-19(28)8-10-20)26-25(24-6-4-5-15-29-24)30-27(34)32(26)21-11-13-22(33-3)14-12-21/h4-16,25-26H,1-3H3,(H,30,34)/t25-,26+/m1/s1. The number of hydrogen-bond donors (Lipinski definition) is 1. The number of methoxy groups -OCH3 is 1. The fourth-order valence-electron chi connectivity index (χ4n) is 4.77. The molecule has 0 aliphatic carbocycles. The van der Waals surface area contributed by atoms with Crippen LogP contribution >= 0.6 is 23.8 Å². The van der Waals surface area contributed by atoms with Crippen LogP contribution in [-0.4, -0.2) is 21.8 Å². The highest BCUT2D eigenvalue weighted by atomic mass is 35.5. The lowest BCUT2D eigenvalue weighted by molar-refractivity contribution is 0.415. The number of benzene rings is 2. The Morgan fingerprint density at radius 1 is 0.971 bits per heavy atom. The van der Waals surface area contributed by atoms with Gasteiger partial charge in [-0.05, 0) is 98.4 Å². The topological polar surface area (TPSA) is 42.3 Å². The number of anilines is 1. The lowest BCUT2D eigenvalue weighted by atomic mass is 9.96. The molecular weight excluding hydrogens is 464 g/mol. The maximum Gasteiger partial charge on any atom is 0.174 e. The highest BCUT2D eigenvalue weighted by Crippen LogP contribution is 2.44. The van der Waals surface area contributed by atoms with E-state index in [-0.39, 0.29) is 12.1 Å². The monoisotopic (exact) mass is 488 g/mol. The summed E-state index contributed by atoms with van der Waals surface area (Å²) < 4.78 is 7.63. The molecule has 1 aliphatic heterocycles. The van der Waals surface area contributed by atoms with Crippen molar-refractivity contribution >= 4 is 34.6 Å². The molecule has 7 heteroatoms. The van der Waals surface area contributed by atoms with Crippen molar-refractivity contribution in [2.45, 2.75) is 25.9 Å². The van der Waals surface area contributed by atoms with E-state index in [0.717, 1.165) is 39.2 Å². The van der Waals surface area contributed by atoms with Crippen LogP contribution in [0.5, 0.6) is 5.75 Å². The molecule has 4 aromatic rings. The third kappa shape index (κ3) is 3.93. The minimum Gasteiger partial charge on any atom is -0.497 e. The Balaban J connectivity index is 1.66. The molecule has 1 fully saturated rings. The Morgan fingerprint density at radius 2 is 1.68 bits per heavy atom. The van der Waals surface area contributed by atoms with Gasteiger partial charge in [-0.15, -0.1) is 0 Å². The molecule has 34 heavy (non-hydrogen) atoms. The molecule has 5 nitrogen and oxygen atoms in total. The van der Waals surface area contributed by atoms with Crippen LogP contribution in [0, 0.1) is 13.8 Å². The predicted octanol–water partition coefficient (Wildman–Crippen LogP) is 6.33. The van der Waals surface area contributed by atoms with Crippen LogP contribution in [0.2, 0.25) is 5.02 Å². The molecule has 0 amide bonds. The van der Waals surface area contributed by atoms with Crippen molar-refractivity contribution in [3.8, 4) is 11.4 Å². The summed E-state index contributed by atoms with van der Waals surface area (Å²) in [5.74, 6) is 0.806. The van der Waals surface area contributed by atoms with E-state index < -0.39 is 0 Å². The van der Waals surface area contributed by atoms with Crippen LogP contribution in [0.1, 0.15) is 34.7 Å². The second-order valence-corrected chi connectivity index (χ2v) is 9.16. The van der Waals surface area contributed by atoms with Gasteiger partial charge in [-0.2, -0.15) is 0 Å². The Morgan fingerprint density at radius 3 is 2.32 bits per heavy atom. The Kier molecular flexibility index (Phi) is 6.02. The van der Waals surface area contributed by atoms with E-state index in [1.807, 2.05) is 72.9 Å². The summed E-state index contributed by atoms with van der Waals surface area (Å²) in [6.07, 6.45) is 1.82. The number of aromatic nitrogens is 2. The number of hydrogen-bond acceptors (Lipinski definition) is 3. The SMILES string of the molecule is COc1ccc(N2C(=S)N[C@H](c3ccccn3)[C@@H]2c2cc(C)n(-c3ccc(Cl)cc3)c2C)cc1. The Hall–Kier alpha value is -3.35. The molecule has 172 valence electrons. The number of thiocarbonyl (C=S) groups is 1. The summed E-state index contributed by atoms with van der Waals surface area (Å²) in [6.45, 7) is 4.28. The molecule has 0 bridgehead atoms. The maximum absolute atomic E-state index is 6.14. The van der Waals surface area contributed by atoms with E-state index in [4.69, 9.17) is 28.6 Å². The highest BCUT2D eigenvalue weighted by Gasteiger charge is 2.42. The molecule has 1 aliphatic rings. The van der Waals surface area contributed by atoms with Gasteiger partial charge >= 0.3 is 0 Å². The average molecular weight is 489 g/mol. The smallest absolute Gasteiger partial charge is 0.174 e. The molecule has 2 aromatic carbocycles. The Bertz CT molecular complexity index is 1320. The fourth-order valence-corrected chi connectivity index (χ4v) is 5.24. The molecular formula is C27H25ClN4OS. The molecule has 1 N–H and O–H groups in total. The summed E-state index contributed by atoms with van der Waals surface area (Å²) in [5.41, 5.74) is 6.49. The van der Waals surface area contributed by atoms with Gasteiger partial charge in [0.05, 0.1) is 24.9 Å². The summed E-state index contributed by atoms with van der Waals surface area (Å²) in [4.78, 5) is 6.85. The first-order chi connectivity index (χ1) is 16.5. The number of aryl methyl sites for hydroxylation is 1. The number of nitrogens with zero attached hydrogens (tertiary/aromatic N) is 3. The van der Waals surface area contributed by atoms with E-state index in [1.54, 1.807) is 7.11 Å². The van der Waals surface area contributed by atoms with Crippen LogP contribution in [0.3, 0.4) is 0 Å². The molecule has 0 radical (unpaired) electrons. The van der Waals surface area contributed by atoms with E-state index in [9.17, 15) is 0 Å². The summed E-state index contributed by atoms with van der Waals surface area (Å²) in [7, 11) is 1.67. The van der Waals surface area contributed by atoms with Gasteiger partial charge in [-0.1, -0.05) is 17.7 Å². The quantitative estimate of drug-likeness (QED) is 0.332. The van der Waals surface area contributed by atoms with E-state index in [2.05, 4.69) is 39.7 Å². The summed E-state index contributed by atoms with van der Waals surface area (Å²) >= 11 is 12.0. The maximum atomic E-state index is 6.14. The van der Waals surface area contributed by atoms with Gasteiger partial charge in [0, 0.05) is 34.0 Å². The van der Waals surface area contributed by atoms with E-state index in [0.29, 0.717) is 5.11 Å². The molecule has 3 heterocycles. The van der Waals surface area contributed by atoms with Crippen molar-refractivity contribution in [1.82, 2.24) is 14.9 Å². The first-order valence-electron chi connectivity index (χ1n) is 11.1. The second kappa shape index (κ2) is 9.12. The first kappa shape index (κ1) is 22.4. The van der Waals surface area contributed by atoms with Crippen molar-refractivity contribution in [3.63, 3.8) is 0 Å². The zero-order chi connectivity index (χ0) is 23.8. The van der Waals surface area contributed by atoms with Crippen LogP contribution in [0.15, 0.2) is 79.0 Å². The molecule has 0 saturated carbocycles. The fraction of sp³-hybridized carbons (Fsp3) is 0.185. The van der Waals surface area contributed by atoms with E-state index >= 15 is 0 Å². The highest BCUT2D eigenvalue weighted by molar-refractivity contribution is 7.80. The normalized spacial score (nSPS) is 17.6. The largest absolute Gasteiger partial charge is 0.497 e. The van der Waals surface area contributed by atoms with Crippen molar-refractivity contribution in [3.05, 3.63) is 107 Å². The zero-order valence-corrected chi connectivity index (χ0v) is 20.8. The minimum atomic E-state index is -0.102. The van der Waals surface area contributed by atoms with Gasteiger partial charge in [0.1, 0.15) is 5.75 Å². The zero-order valence-electron chi connectivity index (χ0n) is 19.2. The van der Waals surface area contributed by atoms with Gasteiger partial charge in [0.2, 0.25) is 0 Å². The van der Waals surface area contributed by atoms with Crippen LogP contribution in [0.25, 0.3) is 5.69 Å². The lowest BCUT2D eigenvalue weighted by Crippen LogP contribution is -2.29. The van der Waals surface area contributed by atoms with Crippen LogP contribution < -0.4 is 15.0 Å². The van der Waals surface area contributed by atoms with Crippen molar-refractivity contribution in [2.75, 3.05) is 12.0 Å². The molecule has 5 rings (SSSR count). The van der Waals surface area contributed by atoms with Gasteiger partial charge in [-0.3, -0.25) is 4.98 Å². The van der Waals surface area contributed by atoms with Gasteiger partial charge < -0.3 is 19.5 Å². The average Bonchev–Trinajstić information content (AvgIpc) is 3.35. The van der Waals surface area contributed by atoms with Crippen LogP contribution in [0.4, 0.5) is 5.69 Å². The number of halogens is 1. The van der Waals surface area contributed by atoms with Gasteiger partial charge in [-0.25, -0.2) is 0 Å². The molecule has 1 saturated heterocycles. The molecule has 2 aromatic heterocycles. The van der Waals surface area contributed by atoms with Crippen molar-refractivity contribution in [1.29, 1.82) is 0 Å². The lowest BCUT2D eigenvalue weighted by Gasteiger charge is -2.28. The summed E-state index contributed by atoms with van der Waals surface area (Å²) in [5, 5.41) is 4.92. The Labute approximate surface area is 210 Å². The number of nitrogens with one attached hydrogen (secondary N) is 1. The van der Waals surface area contributed by atoms with Crippen molar-refractivity contribution in [2.24, 2.45) is 0 Å². The number of rotatable bonds is 5. The van der Waals surface area contributed by atoms with Gasteiger partial charge in [0.25, 0.3) is 0 Å². The predicted molar refractivity (Wildman–Crippen MR) is 141 cm³/mol. The van der Waals surface area contributed by atoms with Crippen molar-refractivity contribution < 1.29 is 4.74 Å². The van der Waals surface area contributed by atoms with Gasteiger partial charge in [0.15, 0.2) is 5.11 Å². The number of pyridine rings is 1. The number of ether oxygens (including phenoxy) is 1. The second-order valence-electron chi connectivity index (χ2n) is 8.33. The molecule has 0 spiro atoms. The third-order valence-corrected chi connectivity index (χ3v) is 6.89. The first-order valence-corrected chi connectivity index (χ1v) is 11.9.